The number of nitrogens with zero attached hydrogens (tertiary/aromatic N) is 4. The molecule has 0 spiro atoms. The number of hydrogen-bond acceptors (Lipinski definition) is 5. The van der Waals surface area contributed by atoms with Gasteiger partial charge in [0.2, 0.25) is 5.95 Å². The van der Waals surface area contributed by atoms with E-state index in [1.165, 1.54) is 12.8 Å². The average Bonchev–Trinajstić information content (AvgIpc) is 3.44. The van der Waals surface area contributed by atoms with Gasteiger partial charge in [-0.25, -0.2) is 14.8 Å². The van der Waals surface area contributed by atoms with E-state index in [2.05, 4.69) is 17.2 Å². The summed E-state index contributed by atoms with van der Waals surface area (Å²) in [4.78, 5) is 22.8. The Morgan fingerprint density at radius 3 is 2.76 bits per heavy atom. The van der Waals surface area contributed by atoms with Gasteiger partial charge in [0.25, 0.3) is 0 Å². The van der Waals surface area contributed by atoms with Gasteiger partial charge >= 0.3 is 5.69 Å². The number of hydrogen-bond donors (Lipinski definition) is 1. The second-order valence-corrected chi connectivity index (χ2v) is 9.63. The van der Waals surface area contributed by atoms with Crippen LogP contribution in [0.2, 0.25) is 0 Å². The normalized spacial score (nSPS) is 23.0. The minimum Gasteiger partial charge on any atom is -0.376 e. The Kier molecular flexibility index (Phi) is 6.31. The standard InChI is InChI=1S/C26H33N5O2/c1-18-8-10-20(11-9-18)28-25-27-13-12-23(29-25)24-17-30(16-22-7-4-14-33-22)26(32)31(24)21-6-3-5-19(2)15-21/h3,5-6,12-13,15,17-18,20,22H,4,7-11,14,16H2,1-2H3,(H,27,28,29). The Morgan fingerprint density at radius 2 is 2.00 bits per heavy atom. The number of nitrogens with one attached hydrogen (secondary N) is 1. The maximum absolute atomic E-state index is 13.5. The van der Waals surface area contributed by atoms with Gasteiger partial charge in [0.1, 0.15) is 0 Å². The summed E-state index contributed by atoms with van der Waals surface area (Å²) in [6, 6.07) is 10.3. The van der Waals surface area contributed by atoms with Gasteiger partial charge in [-0.3, -0.25) is 9.13 Å². The van der Waals surface area contributed by atoms with Crippen LogP contribution < -0.4 is 11.0 Å². The fourth-order valence-electron chi connectivity index (χ4n) is 4.99. The summed E-state index contributed by atoms with van der Waals surface area (Å²) in [5.41, 5.74) is 3.39. The van der Waals surface area contributed by atoms with Gasteiger partial charge in [0, 0.05) is 25.0 Å². The first-order valence-electron chi connectivity index (χ1n) is 12.2. The Morgan fingerprint density at radius 1 is 1.15 bits per heavy atom. The lowest BCUT2D eigenvalue weighted by Gasteiger charge is -2.26. The van der Waals surface area contributed by atoms with Crippen molar-refractivity contribution in [2.75, 3.05) is 11.9 Å². The zero-order valence-corrected chi connectivity index (χ0v) is 19.5. The molecule has 33 heavy (non-hydrogen) atoms. The molecule has 1 unspecified atom stereocenters. The topological polar surface area (TPSA) is 74.0 Å². The summed E-state index contributed by atoms with van der Waals surface area (Å²) in [7, 11) is 0. The van der Waals surface area contributed by atoms with Crippen LogP contribution in [0.15, 0.2) is 47.5 Å². The molecule has 1 saturated carbocycles. The monoisotopic (exact) mass is 447 g/mol. The fraction of sp³-hybridized carbons (Fsp3) is 0.500. The SMILES string of the molecule is Cc1cccc(-n2c(-c3ccnc(NC4CCC(C)CC4)n3)cn(CC3CCCO3)c2=O)c1. The maximum atomic E-state index is 13.5. The van der Waals surface area contributed by atoms with Crippen LogP contribution >= 0.6 is 0 Å². The molecule has 1 atom stereocenters. The third-order valence-electron chi connectivity index (χ3n) is 6.91. The zero-order chi connectivity index (χ0) is 22.8. The molecule has 2 aliphatic rings. The summed E-state index contributed by atoms with van der Waals surface area (Å²) < 4.78 is 9.33. The molecule has 2 aromatic heterocycles. The van der Waals surface area contributed by atoms with E-state index in [4.69, 9.17) is 9.72 Å². The summed E-state index contributed by atoms with van der Waals surface area (Å²) in [5.74, 6) is 1.42. The van der Waals surface area contributed by atoms with E-state index in [9.17, 15) is 4.79 Å². The van der Waals surface area contributed by atoms with E-state index in [0.717, 1.165) is 60.8 Å². The van der Waals surface area contributed by atoms with Crippen molar-refractivity contribution in [1.29, 1.82) is 0 Å². The van der Waals surface area contributed by atoms with Crippen LogP contribution in [0.25, 0.3) is 17.1 Å². The summed E-state index contributed by atoms with van der Waals surface area (Å²) in [6.07, 6.45) is 10.6. The predicted molar refractivity (Wildman–Crippen MR) is 130 cm³/mol. The highest BCUT2D eigenvalue weighted by molar-refractivity contribution is 5.59. The fourth-order valence-corrected chi connectivity index (χ4v) is 4.99. The lowest BCUT2D eigenvalue weighted by Crippen LogP contribution is -2.28. The molecule has 2 fully saturated rings. The number of aromatic nitrogens is 4. The minimum atomic E-state index is -0.0690. The van der Waals surface area contributed by atoms with Gasteiger partial charge in [0.05, 0.1) is 29.7 Å². The molecule has 7 nitrogen and oxygen atoms in total. The zero-order valence-electron chi connectivity index (χ0n) is 19.5. The second-order valence-electron chi connectivity index (χ2n) is 9.63. The lowest BCUT2D eigenvalue weighted by atomic mass is 9.87. The number of aryl methyl sites for hydroxylation is 1. The van der Waals surface area contributed by atoms with E-state index in [0.29, 0.717) is 18.5 Å². The molecule has 1 aromatic carbocycles. The Hall–Kier alpha value is -2.93. The maximum Gasteiger partial charge on any atom is 0.333 e. The second kappa shape index (κ2) is 9.51. The molecular weight excluding hydrogens is 414 g/mol. The van der Waals surface area contributed by atoms with E-state index < -0.39 is 0 Å². The third-order valence-corrected chi connectivity index (χ3v) is 6.91. The first-order chi connectivity index (χ1) is 16.1. The molecule has 1 saturated heterocycles. The number of ether oxygens (including phenoxy) is 1. The molecule has 1 aliphatic carbocycles. The Bertz CT molecular complexity index is 1150. The van der Waals surface area contributed by atoms with E-state index >= 15 is 0 Å². The van der Waals surface area contributed by atoms with Crippen molar-refractivity contribution in [3.63, 3.8) is 0 Å². The highest BCUT2D eigenvalue weighted by Crippen LogP contribution is 2.26. The summed E-state index contributed by atoms with van der Waals surface area (Å²) in [5, 5.41) is 3.52. The van der Waals surface area contributed by atoms with Crippen molar-refractivity contribution >= 4 is 5.95 Å². The van der Waals surface area contributed by atoms with E-state index in [-0.39, 0.29) is 11.8 Å². The molecule has 3 aromatic rings. The molecule has 3 heterocycles. The van der Waals surface area contributed by atoms with E-state index in [1.807, 2.05) is 43.5 Å². The van der Waals surface area contributed by atoms with Crippen LogP contribution in [0.1, 0.15) is 51.0 Å². The molecule has 0 radical (unpaired) electrons. The summed E-state index contributed by atoms with van der Waals surface area (Å²) in [6.45, 7) is 5.68. The van der Waals surface area contributed by atoms with Crippen LogP contribution in [0, 0.1) is 12.8 Å². The van der Waals surface area contributed by atoms with Crippen LogP contribution in [-0.2, 0) is 11.3 Å². The van der Waals surface area contributed by atoms with Crippen molar-refractivity contribution in [3.8, 4) is 17.1 Å². The van der Waals surface area contributed by atoms with Crippen molar-refractivity contribution in [1.82, 2.24) is 19.1 Å². The Balaban J connectivity index is 1.50. The van der Waals surface area contributed by atoms with Crippen molar-refractivity contribution in [2.24, 2.45) is 5.92 Å². The van der Waals surface area contributed by atoms with Crippen LogP contribution in [0.5, 0.6) is 0 Å². The Labute approximate surface area is 194 Å². The molecule has 5 rings (SSSR count). The molecule has 7 heteroatoms. The van der Waals surface area contributed by atoms with Crippen molar-refractivity contribution < 1.29 is 4.74 Å². The van der Waals surface area contributed by atoms with Crippen LogP contribution in [0.4, 0.5) is 5.95 Å². The highest BCUT2D eigenvalue weighted by Gasteiger charge is 2.22. The number of benzene rings is 1. The van der Waals surface area contributed by atoms with Gasteiger partial charge in [-0.05, 0) is 75.1 Å². The number of imidazole rings is 1. The lowest BCUT2D eigenvalue weighted by molar-refractivity contribution is 0.0961. The molecule has 0 bridgehead atoms. The molecular formula is C26H33N5O2. The number of anilines is 1. The highest BCUT2D eigenvalue weighted by atomic mass is 16.5. The minimum absolute atomic E-state index is 0.0690. The smallest absolute Gasteiger partial charge is 0.333 e. The third kappa shape index (κ3) is 4.88. The van der Waals surface area contributed by atoms with Crippen molar-refractivity contribution in [3.05, 3.63) is 58.8 Å². The van der Waals surface area contributed by atoms with Crippen molar-refractivity contribution in [2.45, 2.75) is 71.1 Å². The van der Waals surface area contributed by atoms with Gasteiger partial charge < -0.3 is 10.1 Å². The predicted octanol–water partition coefficient (Wildman–Crippen LogP) is 4.57. The quantitative estimate of drug-likeness (QED) is 0.599. The molecule has 1 aliphatic heterocycles. The van der Waals surface area contributed by atoms with Gasteiger partial charge in [0.15, 0.2) is 0 Å². The first-order valence-corrected chi connectivity index (χ1v) is 12.2. The number of rotatable bonds is 6. The van der Waals surface area contributed by atoms with Gasteiger partial charge in [-0.2, -0.15) is 0 Å². The molecule has 1 N–H and O–H groups in total. The van der Waals surface area contributed by atoms with E-state index in [1.54, 1.807) is 15.3 Å². The largest absolute Gasteiger partial charge is 0.376 e. The summed E-state index contributed by atoms with van der Waals surface area (Å²) >= 11 is 0. The average molecular weight is 448 g/mol. The van der Waals surface area contributed by atoms with Gasteiger partial charge in [-0.1, -0.05) is 19.1 Å². The molecule has 174 valence electrons. The molecule has 0 amide bonds. The van der Waals surface area contributed by atoms with Gasteiger partial charge in [-0.15, -0.1) is 0 Å². The van der Waals surface area contributed by atoms with Crippen LogP contribution in [0.3, 0.4) is 0 Å². The first kappa shape index (κ1) is 21.9. The van der Waals surface area contributed by atoms with Crippen LogP contribution in [-0.4, -0.2) is 37.9 Å².